The first kappa shape index (κ1) is 5.59. The third-order valence-corrected chi connectivity index (χ3v) is 2.03. The van der Waals surface area contributed by atoms with Crippen molar-refractivity contribution >= 4 is 0 Å². The highest BCUT2D eigenvalue weighted by molar-refractivity contribution is 4.78. The van der Waals surface area contributed by atoms with Gasteiger partial charge in [0.2, 0.25) is 0 Å². The van der Waals surface area contributed by atoms with Crippen molar-refractivity contribution in [3.63, 3.8) is 0 Å². The molecule has 1 heteroatoms. The molecule has 0 aromatic heterocycles. The number of nitrogens with one attached hydrogen (secondary N) is 1. The Morgan fingerprint density at radius 2 is 1.80 bits per heavy atom. The molecule has 60 valence electrons. The SMILES string of the molecule is [2H]C1CNCC([2H])C1C(C)(C)C. The third kappa shape index (κ3) is 1.98. The van der Waals surface area contributed by atoms with Crippen LogP contribution in [-0.2, 0) is 0 Å². The first-order chi connectivity index (χ1) is 5.43. The van der Waals surface area contributed by atoms with E-state index in [-0.39, 0.29) is 24.1 Å². The van der Waals surface area contributed by atoms with Crippen LogP contribution in [0.3, 0.4) is 0 Å². The molecule has 0 aliphatic carbocycles. The Bertz CT molecular complexity index is 143. The van der Waals surface area contributed by atoms with E-state index in [0.717, 1.165) is 13.1 Å². The molecule has 0 bridgehead atoms. The monoisotopic (exact) mass is 143 g/mol. The summed E-state index contributed by atoms with van der Waals surface area (Å²) in [5, 5.41) is 3.11. The second-order valence-electron chi connectivity index (χ2n) is 4.02. The lowest BCUT2D eigenvalue weighted by molar-refractivity contribution is 0.188. The molecule has 1 saturated heterocycles. The second-order valence-corrected chi connectivity index (χ2v) is 4.02. The van der Waals surface area contributed by atoms with Gasteiger partial charge < -0.3 is 5.32 Å². The summed E-state index contributed by atoms with van der Waals surface area (Å²) in [4.78, 5) is 0. The molecule has 0 radical (unpaired) electrons. The molecule has 2 unspecified atom stereocenters. The Morgan fingerprint density at radius 1 is 1.30 bits per heavy atom. The van der Waals surface area contributed by atoms with E-state index in [4.69, 9.17) is 2.74 Å². The van der Waals surface area contributed by atoms with Gasteiger partial charge in [0.1, 0.15) is 0 Å². The number of piperidine rings is 1. The van der Waals surface area contributed by atoms with E-state index < -0.39 is 0 Å². The van der Waals surface area contributed by atoms with Gasteiger partial charge in [-0.25, -0.2) is 0 Å². The second kappa shape index (κ2) is 2.91. The number of hydrogen-bond acceptors (Lipinski definition) is 1. The highest BCUT2D eigenvalue weighted by atomic mass is 14.9. The predicted molar refractivity (Wildman–Crippen MR) is 45.0 cm³/mol. The maximum absolute atomic E-state index is 7.83. The van der Waals surface area contributed by atoms with Crippen LogP contribution in [0.15, 0.2) is 0 Å². The lowest BCUT2D eigenvalue weighted by atomic mass is 9.76. The molecule has 0 amide bonds. The minimum atomic E-state index is -0.110. The van der Waals surface area contributed by atoms with Crippen LogP contribution < -0.4 is 5.32 Å². The Labute approximate surface area is 67.0 Å². The smallest absolute Gasteiger partial charge is 0.0283 e. The fraction of sp³-hybridized carbons (Fsp3) is 1.00. The Hall–Kier alpha value is -0.0400. The molecule has 1 aliphatic heterocycles. The van der Waals surface area contributed by atoms with E-state index in [2.05, 4.69) is 26.1 Å². The van der Waals surface area contributed by atoms with Gasteiger partial charge in [-0.05, 0) is 37.2 Å². The summed E-state index contributed by atoms with van der Waals surface area (Å²) in [5.41, 5.74) is 0.0981. The van der Waals surface area contributed by atoms with Gasteiger partial charge in [0.15, 0.2) is 0 Å². The summed E-state index contributed by atoms with van der Waals surface area (Å²) in [6.07, 6.45) is -0.220. The van der Waals surface area contributed by atoms with Crippen LogP contribution in [0.25, 0.3) is 0 Å². The van der Waals surface area contributed by atoms with Gasteiger partial charge in [0.25, 0.3) is 0 Å². The molecule has 10 heavy (non-hydrogen) atoms. The van der Waals surface area contributed by atoms with Crippen molar-refractivity contribution < 1.29 is 2.74 Å². The normalized spacial score (nSPS) is 46.1. The maximum Gasteiger partial charge on any atom is 0.0283 e. The highest BCUT2D eigenvalue weighted by Gasteiger charge is 2.25. The van der Waals surface area contributed by atoms with Crippen molar-refractivity contribution in [3.8, 4) is 0 Å². The average Bonchev–Trinajstić information content (AvgIpc) is 1.82. The average molecular weight is 143 g/mol. The lowest BCUT2D eigenvalue weighted by Crippen LogP contribution is -2.34. The van der Waals surface area contributed by atoms with E-state index in [1.165, 1.54) is 0 Å². The maximum atomic E-state index is 7.83. The first-order valence-corrected chi connectivity index (χ1v) is 3.98. The van der Waals surface area contributed by atoms with Crippen molar-refractivity contribution in [2.75, 3.05) is 13.1 Å². The largest absolute Gasteiger partial charge is 0.317 e. The van der Waals surface area contributed by atoms with Gasteiger partial charge >= 0.3 is 0 Å². The Balaban J connectivity index is 2.69. The molecule has 1 aliphatic rings. The van der Waals surface area contributed by atoms with Crippen LogP contribution in [-0.4, -0.2) is 13.1 Å². The van der Waals surface area contributed by atoms with E-state index in [1.54, 1.807) is 0 Å². The van der Waals surface area contributed by atoms with Gasteiger partial charge in [-0.3, -0.25) is 0 Å². The molecule has 0 spiro atoms. The van der Waals surface area contributed by atoms with Crippen molar-refractivity contribution in [2.24, 2.45) is 11.3 Å². The van der Waals surface area contributed by atoms with Crippen LogP contribution in [0.4, 0.5) is 0 Å². The summed E-state index contributed by atoms with van der Waals surface area (Å²) in [6.45, 7) is 7.89. The molecule has 1 nitrogen and oxygen atoms in total. The molecule has 0 saturated carbocycles. The fourth-order valence-corrected chi connectivity index (χ4v) is 1.31. The highest BCUT2D eigenvalue weighted by Crippen LogP contribution is 2.32. The zero-order valence-electron chi connectivity index (χ0n) is 9.15. The van der Waals surface area contributed by atoms with Gasteiger partial charge in [-0.2, -0.15) is 0 Å². The Kier molecular flexibility index (Phi) is 1.63. The summed E-state index contributed by atoms with van der Waals surface area (Å²) in [5.74, 6) is 0.207. The van der Waals surface area contributed by atoms with Crippen molar-refractivity contribution in [2.45, 2.75) is 33.6 Å². The van der Waals surface area contributed by atoms with Crippen molar-refractivity contribution in [3.05, 3.63) is 0 Å². The molecular weight excluding hydrogens is 122 g/mol. The molecule has 0 aromatic carbocycles. The zero-order valence-corrected chi connectivity index (χ0v) is 7.15. The topological polar surface area (TPSA) is 12.0 Å². The van der Waals surface area contributed by atoms with E-state index in [1.807, 2.05) is 0 Å². The van der Waals surface area contributed by atoms with E-state index in [9.17, 15) is 0 Å². The summed E-state index contributed by atoms with van der Waals surface area (Å²) < 4.78 is 15.7. The Morgan fingerprint density at radius 3 is 2.10 bits per heavy atom. The van der Waals surface area contributed by atoms with Gasteiger partial charge in [-0.1, -0.05) is 20.8 Å². The van der Waals surface area contributed by atoms with Gasteiger partial charge in [0.05, 0.1) is 0 Å². The van der Waals surface area contributed by atoms with Gasteiger partial charge in [-0.15, -0.1) is 0 Å². The fourth-order valence-electron chi connectivity index (χ4n) is 1.31. The van der Waals surface area contributed by atoms with Crippen LogP contribution in [0.5, 0.6) is 0 Å². The predicted octanol–water partition coefficient (Wildman–Crippen LogP) is 2.03. The summed E-state index contributed by atoms with van der Waals surface area (Å²) >= 11 is 0. The first-order valence-electron chi connectivity index (χ1n) is 5.13. The van der Waals surface area contributed by atoms with E-state index >= 15 is 0 Å². The molecular formula is C9H19N. The molecule has 1 fully saturated rings. The van der Waals surface area contributed by atoms with Crippen LogP contribution in [0.1, 0.15) is 36.3 Å². The van der Waals surface area contributed by atoms with Crippen LogP contribution >= 0.6 is 0 Å². The molecule has 2 atom stereocenters. The van der Waals surface area contributed by atoms with Crippen LogP contribution in [0.2, 0.25) is 0 Å². The quantitative estimate of drug-likeness (QED) is 0.547. The summed E-state index contributed by atoms with van der Waals surface area (Å²) in [6, 6.07) is 0. The van der Waals surface area contributed by atoms with Gasteiger partial charge in [0, 0.05) is 2.74 Å². The minimum Gasteiger partial charge on any atom is -0.317 e. The van der Waals surface area contributed by atoms with E-state index in [0.29, 0.717) is 0 Å². The molecule has 0 aromatic rings. The molecule has 1 heterocycles. The van der Waals surface area contributed by atoms with Crippen molar-refractivity contribution in [1.29, 1.82) is 0 Å². The minimum absolute atomic E-state index is 0.0981. The number of rotatable bonds is 0. The standard InChI is InChI=1S/C9H19N/c1-9(2,3)8-4-6-10-7-5-8/h8,10H,4-7H2,1-3H3/i4D,5D. The van der Waals surface area contributed by atoms with Crippen molar-refractivity contribution in [1.82, 2.24) is 5.32 Å². The zero-order chi connectivity index (χ0) is 9.35. The lowest BCUT2D eigenvalue weighted by Gasteiger charge is -2.34. The summed E-state index contributed by atoms with van der Waals surface area (Å²) in [7, 11) is 0. The molecule has 1 N–H and O–H groups in total. The third-order valence-electron chi connectivity index (χ3n) is 2.03. The molecule has 1 rings (SSSR count). The number of hydrogen-bond donors (Lipinski definition) is 1. The van der Waals surface area contributed by atoms with Crippen LogP contribution in [0, 0.1) is 11.3 Å².